The molecule has 146 valence electrons. The van der Waals surface area contributed by atoms with Crippen molar-refractivity contribution in [2.45, 2.75) is 30.7 Å². The van der Waals surface area contributed by atoms with Crippen molar-refractivity contribution in [3.8, 4) is 0 Å². The number of aryl methyl sites for hydroxylation is 1. The highest BCUT2D eigenvalue weighted by atomic mass is 127. The van der Waals surface area contributed by atoms with Crippen molar-refractivity contribution in [1.29, 1.82) is 0 Å². The lowest BCUT2D eigenvalue weighted by Gasteiger charge is -2.15. The number of hydrogen-bond donors (Lipinski definition) is 3. The van der Waals surface area contributed by atoms with Crippen LogP contribution in [-0.4, -0.2) is 49.4 Å². The van der Waals surface area contributed by atoms with Gasteiger partial charge in [-0.2, -0.15) is 0 Å². The lowest BCUT2D eigenvalue weighted by atomic mass is 10.4. The summed E-state index contributed by atoms with van der Waals surface area (Å²) in [5.41, 5.74) is 0. The zero-order valence-electron chi connectivity index (χ0n) is 14.5. The molecule has 1 atom stereocenters. The van der Waals surface area contributed by atoms with Crippen molar-refractivity contribution < 1.29 is 13.5 Å². The Hall–Kier alpha value is -0.760. The maximum absolute atomic E-state index is 12.2. The van der Waals surface area contributed by atoms with E-state index >= 15 is 0 Å². The molecule has 2 heterocycles. The lowest BCUT2D eigenvalue weighted by molar-refractivity contribution is 0.200. The number of sulfone groups is 1. The van der Waals surface area contributed by atoms with Gasteiger partial charge in [0.05, 0.1) is 18.4 Å². The number of nitrogens with one attached hydrogen (secondary N) is 2. The second-order valence-electron chi connectivity index (χ2n) is 5.31. The highest BCUT2D eigenvalue weighted by molar-refractivity contribution is 14.0. The zero-order chi connectivity index (χ0) is 18.3. The molecule has 0 aliphatic rings. The molecule has 0 bridgehead atoms. The molecule has 0 fully saturated rings. The monoisotopic (exact) mass is 530 g/mol. The van der Waals surface area contributed by atoms with E-state index in [2.05, 4.69) is 20.6 Å². The third-order valence-electron chi connectivity index (χ3n) is 3.10. The molecule has 1 unspecified atom stereocenters. The fourth-order valence-electron chi connectivity index (χ4n) is 2.01. The Balaban J connectivity index is 0.00000338. The molecule has 26 heavy (non-hydrogen) atoms. The van der Waals surface area contributed by atoms with E-state index in [-0.39, 0.29) is 40.5 Å². The number of guanidine groups is 1. The Bertz CT molecular complexity index is 791. The van der Waals surface area contributed by atoms with Gasteiger partial charge < -0.3 is 15.7 Å². The number of aromatic nitrogens is 1. The fraction of sp³-hybridized carbons (Fsp3) is 0.467. The average molecular weight is 530 g/mol. The van der Waals surface area contributed by atoms with E-state index in [1.54, 1.807) is 35.0 Å². The van der Waals surface area contributed by atoms with Gasteiger partial charge in [-0.25, -0.2) is 18.4 Å². The molecule has 11 heteroatoms. The molecule has 2 aromatic rings. The normalized spacial score (nSPS) is 13.1. The summed E-state index contributed by atoms with van der Waals surface area (Å²) in [6.45, 7) is 5.10. The van der Waals surface area contributed by atoms with E-state index in [1.165, 1.54) is 0 Å². The second-order valence-corrected chi connectivity index (χ2v) is 9.84. The molecule has 3 N–H and O–H groups in total. The molecule has 0 aromatic carbocycles. The number of rotatable bonds is 8. The Kier molecular flexibility index (Phi) is 10.00. The number of halogens is 1. The van der Waals surface area contributed by atoms with Crippen molar-refractivity contribution in [3.63, 3.8) is 0 Å². The highest BCUT2D eigenvalue weighted by Gasteiger charge is 2.20. The summed E-state index contributed by atoms with van der Waals surface area (Å²) in [5, 5.41) is 18.7. The molecule has 0 amide bonds. The lowest BCUT2D eigenvalue weighted by Crippen LogP contribution is -2.42. The highest BCUT2D eigenvalue weighted by Crippen LogP contribution is 2.18. The summed E-state index contributed by atoms with van der Waals surface area (Å²) in [4.78, 5) is 9.77. The van der Waals surface area contributed by atoms with E-state index in [4.69, 9.17) is 0 Å². The number of aliphatic hydroxyl groups excluding tert-OH is 1. The Morgan fingerprint density at radius 2 is 2.19 bits per heavy atom. The molecule has 0 aliphatic heterocycles. The zero-order valence-corrected chi connectivity index (χ0v) is 19.3. The van der Waals surface area contributed by atoms with Gasteiger partial charge in [0.15, 0.2) is 15.8 Å². The van der Waals surface area contributed by atoms with Crippen LogP contribution in [-0.2, 0) is 16.4 Å². The summed E-state index contributed by atoms with van der Waals surface area (Å²) < 4.78 is 24.6. The first kappa shape index (κ1) is 23.3. The van der Waals surface area contributed by atoms with E-state index in [1.807, 2.05) is 13.8 Å². The van der Waals surface area contributed by atoms with Crippen LogP contribution in [0.5, 0.6) is 0 Å². The minimum absolute atomic E-state index is 0. The van der Waals surface area contributed by atoms with Crippen LogP contribution in [0.2, 0.25) is 0 Å². The Morgan fingerprint density at radius 1 is 1.42 bits per heavy atom. The molecule has 0 radical (unpaired) electrons. The van der Waals surface area contributed by atoms with Crippen LogP contribution in [0.25, 0.3) is 0 Å². The number of nitrogens with zero attached hydrogens (tertiary/aromatic N) is 2. The molecule has 0 aliphatic carbocycles. The van der Waals surface area contributed by atoms with Crippen molar-refractivity contribution in [2.24, 2.45) is 4.99 Å². The van der Waals surface area contributed by atoms with Gasteiger partial charge in [-0.1, -0.05) is 6.07 Å². The number of thiophene rings is 1. The summed E-state index contributed by atoms with van der Waals surface area (Å²) in [6, 6.07) is 3.22. The standard InChI is InChI=1S/C15H22N4O3S3.HI/c1-3-16-15(19-9-13-17-7-11(2)24-13)18-8-12(20)10-25(21,22)14-5-4-6-23-14;/h4-7,12,20H,3,8-10H2,1-2H3,(H2,16,18,19);1H. The van der Waals surface area contributed by atoms with Crippen LogP contribution in [0, 0.1) is 6.92 Å². The Labute approximate surface area is 178 Å². The summed E-state index contributed by atoms with van der Waals surface area (Å²) >= 11 is 2.73. The number of aliphatic imine (C=N–C) groups is 1. The van der Waals surface area contributed by atoms with E-state index < -0.39 is 15.9 Å². The SMILES string of the molecule is CCNC(=NCc1ncc(C)s1)NCC(O)CS(=O)(=O)c1cccs1.I. The van der Waals surface area contributed by atoms with Gasteiger partial charge >= 0.3 is 0 Å². The number of thiazole rings is 1. The van der Waals surface area contributed by atoms with Crippen LogP contribution >= 0.6 is 46.7 Å². The van der Waals surface area contributed by atoms with Gasteiger partial charge in [-0.3, -0.25) is 0 Å². The first-order valence-corrected chi connectivity index (χ1v) is 11.1. The molecule has 0 saturated carbocycles. The van der Waals surface area contributed by atoms with Gasteiger partial charge in [0.2, 0.25) is 0 Å². The van der Waals surface area contributed by atoms with E-state index in [9.17, 15) is 13.5 Å². The van der Waals surface area contributed by atoms with Crippen LogP contribution in [0.15, 0.2) is 32.9 Å². The predicted octanol–water partition coefficient (Wildman–Crippen LogP) is 2.02. The molecule has 2 rings (SSSR count). The number of aliphatic hydroxyl groups is 1. The van der Waals surface area contributed by atoms with Crippen molar-refractivity contribution in [2.75, 3.05) is 18.8 Å². The largest absolute Gasteiger partial charge is 0.390 e. The van der Waals surface area contributed by atoms with Crippen LogP contribution in [0.4, 0.5) is 0 Å². The van der Waals surface area contributed by atoms with Gasteiger partial charge in [0.1, 0.15) is 9.22 Å². The van der Waals surface area contributed by atoms with Crippen molar-refractivity contribution in [1.82, 2.24) is 15.6 Å². The molecule has 7 nitrogen and oxygen atoms in total. The first-order chi connectivity index (χ1) is 11.9. The quantitative estimate of drug-likeness (QED) is 0.274. The minimum Gasteiger partial charge on any atom is -0.390 e. The summed E-state index contributed by atoms with van der Waals surface area (Å²) in [6.07, 6.45) is 0.771. The topological polar surface area (TPSA) is 104 Å². The van der Waals surface area contributed by atoms with Crippen molar-refractivity contribution in [3.05, 3.63) is 33.6 Å². The third kappa shape index (κ3) is 7.47. The predicted molar refractivity (Wildman–Crippen MR) is 117 cm³/mol. The summed E-state index contributed by atoms with van der Waals surface area (Å²) in [7, 11) is -3.47. The maximum atomic E-state index is 12.2. The van der Waals surface area contributed by atoms with Crippen molar-refractivity contribution >= 4 is 62.4 Å². The second kappa shape index (κ2) is 11.2. The minimum atomic E-state index is -3.47. The summed E-state index contributed by atoms with van der Waals surface area (Å²) in [5.74, 6) is 0.189. The molecule has 2 aromatic heterocycles. The molecule has 0 spiro atoms. The van der Waals surface area contributed by atoms with Gasteiger partial charge in [-0.15, -0.1) is 46.7 Å². The van der Waals surface area contributed by atoms with Gasteiger partial charge in [-0.05, 0) is 25.3 Å². The van der Waals surface area contributed by atoms with Gasteiger partial charge in [0.25, 0.3) is 0 Å². The van der Waals surface area contributed by atoms with Crippen LogP contribution < -0.4 is 10.6 Å². The average Bonchev–Trinajstić information content (AvgIpc) is 3.21. The van der Waals surface area contributed by atoms with Crippen LogP contribution in [0.3, 0.4) is 0 Å². The smallest absolute Gasteiger partial charge is 0.191 e. The number of hydrogen-bond acceptors (Lipinski definition) is 7. The van der Waals surface area contributed by atoms with E-state index in [0.29, 0.717) is 19.0 Å². The van der Waals surface area contributed by atoms with E-state index in [0.717, 1.165) is 21.2 Å². The molecular weight excluding hydrogens is 507 g/mol. The third-order valence-corrected chi connectivity index (χ3v) is 7.29. The molecular formula is C15H23IN4O3S3. The maximum Gasteiger partial charge on any atom is 0.191 e. The van der Waals surface area contributed by atoms with Gasteiger partial charge in [0, 0.05) is 24.2 Å². The van der Waals surface area contributed by atoms with Crippen LogP contribution in [0.1, 0.15) is 16.8 Å². The molecule has 0 saturated heterocycles. The fourth-order valence-corrected chi connectivity index (χ4v) is 5.20. The first-order valence-electron chi connectivity index (χ1n) is 7.78. The Morgan fingerprint density at radius 3 is 2.77 bits per heavy atom.